The number of benzene rings is 2. The van der Waals surface area contributed by atoms with E-state index in [0.717, 1.165) is 37.7 Å². The van der Waals surface area contributed by atoms with Crippen LogP contribution in [0, 0.1) is 5.82 Å². The van der Waals surface area contributed by atoms with E-state index in [-0.39, 0.29) is 5.75 Å². The molecule has 0 spiro atoms. The lowest BCUT2D eigenvalue weighted by molar-refractivity contribution is 0.0228. The molecule has 23 heavy (non-hydrogen) atoms. The smallest absolute Gasteiger partial charge is 0.167 e. The molecule has 122 valence electrons. The summed E-state index contributed by atoms with van der Waals surface area (Å²) in [7, 11) is 0. The molecule has 0 bridgehead atoms. The minimum atomic E-state index is -0.628. The second-order valence-corrected chi connectivity index (χ2v) is 6.81. The van der Waals surface area contributed by atoms with Crippen molar-refractivity contribution in [3.63, 3.8) is 0 Å². The molecule has 2 aromatic rings. The Morgan fingerprint density at radius 3 is 2.39 bits per heavy atom. The maximum atomic E-state index is 14.2. The van der Waals surface area contributed by atoms with Crippen molar-refractivity contribution in [2.24, 2.45) is 0 Å². The summed E-state index contributed by atoms with van der Waals surface area (Å²) in [6.07, 6.45) is 4.74. The van der Waals surface area contributed by atoms with Crippen molar-refractivity contribution in [1.29, 1.82) is 0 Å². The minimum Gasteiger partial charge on any atom is -0.479 e. The van der Waals surface area contributed by atoms with Crippen molar-refractivity contribution in [2.75, 3.05) is 5.73 Å². The van der Waals surface area contributed by atoms with E-state index in [1.807, 2.05) is 6.07 Å². The number of nitrogen functional groups attached to an aromatic ring is 1. The summed E-state index contributed by atoms with van der Waals surface area (Å²) in [6, 6.07) is 9.86. The molecule has 5 heteroatoms. The van der Waals surface area contributed by atoms with Crippen LogP contribution in [0.3, 0.4) is 0 Å². The molecular formula is C18H18Cl2FNO. The van der Waals surface area contributed by atoms with Gasteiger partial charge in [-0.1, -0.05) is 35.7 Å². The number of rotatable bonds is 3. The fourth-order valence-electron chi connectivity index (χ4n) is 3.22. The third kappa shape index (κ3) is 3.41. The summed E-state index contributed by atoms with van der Waals surface area (Å²) in [4.78, 5) is 0. The zero-order chi connectivity index (χ0) is 16.4. The lowest BCUT2D eigenvalue weighted by Gasteiger charge is -2.38. The zero-order valence-electron chi connectivity index (χ0n) is 12.6. The lowest BCUT2D eigenvalue weighted by atomic mass is 9.79. The molecule has 0 aromatic heterocycles. The first kappa shape index (κ1) is 16.4. The van der Waals surface area contributed by atoms with Crippen LogP contribution in [0.2, 0.25) is 10.0 Å². The summed E-state index contributed by atoms with van der Waals surface area (Å²) in [5, 5.41) is 1.12. The second-order valence-electron chi connectivity index (χ2n) is 5.97. The quantitative estimate of drug-likeness (QED) is 0.691. The fraction of sp³-hybridized carbons (Fsp3) is 0.333. The topological polar surface area (TPSA) is 35.2 Å². The average Bonchev–Trinajstić information content (AvgIpc) is 2.51. The first-order valence-electron chi connectivity index (χ1n) is 7.70. The van der Waals surface area contributed by atoms with Gasteiger partial charge in [-0.2, -0.15) is 0 Å². The van der Waals surface area contributed by atoms with E-state index in [4.69, 9.17) is 33.7 Å². The SMILES string of the molecule is Nc1ccc(OC2(c3ccc(Cl)cc3Cl)CCCCC2)c(F)c1. The third-order valence-corrected chi connectivity index (χ3v) is 4.89. The zero-order valence-corrected chi connectivity index (χ0v) is 14.1. The summed E-state index contributed by atoms with van der Waals surface area (Å²) in [6.45, 7) is 0. The van der Waals surface area contributed by atoms with Crippen molar-refractivity contribution in [2.45, 2.75) is 37.7 Å². The van der Waals surface area contributed by atoms with Crippen LogP contribution < -0.4 is 10.5 Å². The molecule has 0 heterocycles. The van der Waals surface area contributed by atoms with E-state index in [2.05, 4.69) is 0 Å². The number of ether oxygens (including phenoxy) is 1. The second kappa shape index (κ2) is 6.58. The van der Waals surface area contributed by atoms with Crippen LogP contribution in [0.1, 0.15) is 37.7 Å². The van der Waals surface area contributed by atoms with Gasteiger partial charge in [0.25, 0.3) is 0 Å². The molecule has 0 atom stereocenters. The monoisotopic (exact) mass is 353 g/mol. The highest BCUT2D eigenvalue weighted by atomic mass is 35.5. The largest absolute Gasteiger partial charge is 0.479 e. The molecule has 2 N–H and O–H groups in total. The number of anilines is 1. The van der Waals surface area contributed by atoms with E-state index < -0.39 is 11.4 Å². The highest BCUT2D eigenvalue weighted by molar-refractivity contribution is 6.35. The van der Waals surface area contributed by atoms with Crippen LogP contribution in [-0.4, -0.2) is 0 Å². The van der Waals surface area contributed by atoms with E-state index >= 15 is 0 Å². The highest BCUT2D eigenvalue weighted by Gasteiger charge is 2.38. The Bertz CT molecular complexity index is 714. The van der Waals surface area contributed by atoms with Crippen molar-refractivity contribution >= 4 is 28.9 Å². The van der Waals surface area contributed by atoms with E-state index in [1.54, 1.807) is 24.3 Å². The lowest BCUT2D eigenvalue weighted by Crippen LogP contribution is -2.36. The predicted molar refractivity (Wildman–Crippen MR) is 92.7 cm³/mol. The summed E-state index contributed by atoms with van der Waals surface area (Å²) in [5.41, 5.74) is 6.22. The molecule has 1 fully saturated rings. The molecule has 3 rings (SSSR count). The summed E-state index contributed by atoms with van der Waals surface area (Å²) >= 11 is 12.4. The van der Waals surface area contributed by atoms with Gasteiger partial charge in [-0.15, -0.1) is 0 Å². The van der Waals surface area contributed by atoms with Crippen LogP contribution in [-0.2, 0) is 5.60 Å². The highest BCUT2D eigenvalue weighted by Crippen LogP contribution is 2.44. The van der Waals surface area contributed by atoms with Crippen LogP contribution in [0.5, 0.6) is 5.75 Å². The van der Waals surface area contributed by atoms with Crippen molar-refractivity contribution in [3.05, 3.63) is 57.8 Å². The summed E-state index contributed by atoms with van der Waals surface area (Å²) < 4.78 is 20.4. The van der Waals surface area contributed by atoms with Gasteiger partial charge in [0.1, 0.15) is 5.60 Å². The van der Waals surface area contributed by atoms with Gasteiger partial charge in [0.15, 0.2) is 11.6 Å². The maximum Gasteiger partial charge on any atom is 0.167 e. The Hall–Kier alpha value is -1.45. The Morgan fingerprint density at radius 2 is 1.74 bits per heavy atom. The first-order valence-corrected chi connectivity index (χ1v) is 8.45. The van der Waals surface area contributed by atoms with Gasteiger partial charge in [-0.3, -0.25) is 0 Å². The molecule has 1 saturated carbocycles. The predicted octanol–water partition coefficient (Wildman–Crippen LogP) is 5.95. The fourth-order valence-corrected chi connectivity index (χ4v) is 3.80. The van der Waals surface area contributed by atoms with Crippen LogP contribution in [0.25, 0.3) is 0 Å². The third-order valence-electron chi connectivity index (χ3n) is 4.34. The Kier molecular flexibility index (Phi) is 4.69. The Labute approximate surface area is 145 Å². The van der Waals surface area contributed by atoms with Gasteiger partial charge in [0.2, 0.25) is 0 Å². The Balaban J connectivity index is 2.02. The van der Waals surface area contributed by atoms with Gasteiger partial charge in [-0.25, -0.2) is 4.39 Å². The number of hydrogen-bond acceptors (Lipinski definition) is 2. The van der Waals surface area contributed by atoms with Crippen molar-refractivity contribution < 1.29 is 9.13 Å². The average molecular weight is 354 g/mol. The molecule has 0 aliphatic heterocycles. The van der Waals surface area contributed by atoms with Crippen LogP contribution >= 0.6 is 23.2 Å². The van der Waals surface area contributed by atoms with E-state index in [1.165, 1.54) is 6.07 Å². The first-order chi connectivity index (χ1) is 11.0. The molecule has 2 nitrogen and oxygen atoms in total. The molecule has 0 saturated heterocycles. The van der Waals surface area contributed by atoms with Gasteiger partial charge in [0, 0.05) is 27.4 Å². The molecule has 2 aromatic carbocycles. The van der Waals surface area contributed by atoms with Crippen LogP contribution in [0.4, 0.5) is 10.1 Å². The molecule has 1 aliphatic carbocycles. The molecule has 1 aliphatic rings. The molecule has 0 unspecified atom stereocenters. The number of hydrogen-bond donors (Lipinski definition) is 1. The van der Waals surface area contributed by atoms with Gasteiger partial charge < -0.3 is 10.5 Å². The maximum absolute atomic E-state index is 14.2. The molecular weight excluding hydrogens is 336 g/mol. The van der Waals surface area contributed by atoms with Crippen LogP contribution in [0.15, 0.2) is 36.4 Å². The summed E-state index contributed by atoms with van der Waals surface area (Å²) in [5.74, 6) is -0.257. The van der Waals surface area contributed by atoms with Gasteiger partial charge in [0.05, 0.1) is 0 Å². The Morgan fingerprint density at radius 1 is 1.00 bits per heavy atom. The number of halogens is 3. The van der Waals surface area contributed by atoms with Gasteiger partial charge >= 0.3 is 0 Å². The van der Waals surface area contributed by atoms with E-state index in [9.17, 15) is 4.39 Å². The van der Waals surface area contributed by atoms with Gasteiger partial charge in [-0.05, 0) is 49.9 Å². The van der Waals surface area contributed by atoms with Crippen molar-refractivity contribution in [1.82, 2.24) is 0 Å². The number of nitrogens with two attached hydrogens (primary N) is 1. The molecule has 0 radical (unpaired) electrons. The standard InChI is InChI=1S/C18H18Cl2FNO/c19-12-4-6-14(15(20)10-12)18(8-2-1-3-9-18)23-17-7-5-13(22)11-16(17)21/h4-7,10-11H,1-3,8-9,22H2. The minimum absolute atomic E-state index is 0.201. The molecule has 0 amide bonds. The van der Waals surface area contributed by atoms with Crippen molar-refractivity contribution in [3.8, 4) is 5.75 Å². The van der Waals surface area contributed by atoms with E-state index in [0.29, 0.717) is 15.7 Å². The normalized spacial score (nSPS) is 17.0.